The van der Waals surface area contributed by atoms with Crippen LogP contribution in [0, 0.1) is 6.92 Å². The lowest BCUT2D eigenvalue weighted by molar-refractivity contribution is 0.718. The first-order valence-electron chi connectivity index (χ1n) is 4.64. The average molecular weight is 243 g/mol. The predicted molar refractivity (Wildman–Crippen MR) is 58.1 cm³/mol. The molecule has 0 aliphatic carbocycles. The highest BCUT2D eigenvalue weighted by Gasteiger charge is 2.05. The van der Waals surface area contributed by atoms with Gasteiger partial charge >= 0.3 is 0 Å². The molecular weight excluding hydrogens is 228 g/mol. The molecule has 0 saturated carbocycles. The summed E-state index contributed by atoms with van der Waals surface area (Å²) in [6.45, 7) is 4.19. The van der Waals surface area contributed by atoms with Gasteiger partial charge in [-0.3, -0.25) is 0 Å². The van der Waals surface area contributed by atoms with Gasteiger partial charge < -0.3 is 0 Å². The Morgan fingerprint density at radius 3 is 2.54 bits per heavy atom. The van der Waals surface area contributed by atoms with Crippen molar-refractivity contribution in [1.82, 2.24) is 9.97 Å². The highest BCUT2D eigenvalue weighted by atomic mass is 79.9. The van der Waals surface area contributed by atoms with Crippen LogP contribution in [0.25, 0.3) is 0 Å². The normalized spacial score (nSPS) is 12.8. The Balaban J connectivity index is 2.49. The Labute approximate surface area is 87.9 Å². The highest BCUT2D eigenvalue weighted by molar-refractivity contribution is 9.09. The zero-order chi connectivity index (χ0) is 9.68. The number of halogens is 1. The van der Waals surface area contributed by atoms with Crippen molar-refractivity contribution in [2.24, 2.45) is 0 Å². The second-order valence-electron chi connectivity index (χ2n) is 3.27. The van der Waals surface area contributed by atoms with Crippen molar-refractivity contribution in [2.45, 2.75) is 37.9 Å². The Morgan fingerprint density at radius 2 is 2.00 bits per heavy atom. The number of aryl methyl sites for hydroxylation is 1. The monoisotopic (exact) mass is 242 g/mol. The SMILES string of the molecule is CCCC(Br)Cc1ncc(C)cn1. The van der Waals surface area contributed by atoms with Crippen LogP contribution in [0.15, 0.2) is 12.4 Å². The molecule has 0 fully saturated rings. The molecule has 1 aromatic rings. The van der Waals surface area contributed by atoms with Crippen LogP contribution in [0.3, 0.4) is 0 Å². The van der Waals surface area contributed by atoms with E-state index < -0.39 is 0 Å². The molecule has 0 aliphatic rings. The van der Waals surface area contributed by atoms with Crippen molar-refractivity contribution in [3.63, 3.8) is 0 Å². The second kappa shape index (κ2) is 5.32. The maximum atomic E-state index is 4.26. The Kier molecular flexibility index (Phi) is 4.36. The summed E-state index contributed by atoms with van der Waals surface area (Å²) >= 11 is 3.61. The van der Waals surface area contributed by atoms with Crippen molar-refractivity contribution < 1.29 is 0 Å². The summed E-state index contributed by atoms with van der Waals surface area (Å²) in [4.78, 5) is 9.03. The van der Waals surface area contributed by atoms with Gasteiger partial charge in [-0.25, -0.2) is 9.97 Å². The number of nitrogens with zero attached hydrogens (tertiary/aromatic N) is 2. The minimum absolute atomic E-state index is 0.514. The smallest absolute Gasteiger partial charge is 0.129 e. The molecule has 13 heavy (non-hydrogen) atoms. The van der Waals surface area contributed by atoms with Gasteiger partial charge in [-0.15, -0.1) is 0 Å². The predicted octanol–water partition coefficient (Wildman–Crippen LogP) is 2.89. The fraction of sp³-hybridized carbons (Fsp3) is 0.600. The number of hydrogen-bond acceptors (Lipinski definition) is 2. The first-order valence-corrected chi connectivity index (χ1v) is 5.55. The zero-order valence-electron chi connectivity index (χ0n) is 8.13. The second-order valence-corrected chi connectivity index (χ2v) is 4.56. The van der Waals surface area contributed by atoms with Crippen LogP contribution >= 0.6 is 15.9 Å². The van der Waals surface area contributed by atoms with Gasteiger partial charge in [-0.2, -0.15) is 0 Å². The van der Waals surface area contributed by atoms with E-state index >= 15 is 0 Å². The van der Waals surface area contributed by atoms with Gasteiger partial charge in [0.05, 0.1) is 0 Å². The minimum Gasteiger partial charge on any atom is -0.241 e. The molecule has 3 heteroatoms. The molecule has 0 aliphatic heterocycles. The summed E-state index contributed by atoms with van der Waals surface area (Å²) in [5.74, 6) is 0.931. The summed E-state index contributed by atoms with van der Waals surface area (Å²) in [5, 5.41) is 0. The number of hydrogen-bond donors (Lipinski definition) is 0. The third-order valence-electron chi connectivity index (χ3n) is 1.84. The molecule has 1 heterocycles. The van der Waals surface area contributed by atoms with Gasteiger partial charge in [0.2, 0.25) is 0 Å². The first kappa shape index (κ1) is 10.6. The van der Waals surface area contributed by atoms with Gasteiger partial charge in [0.15, 0.2) is 0 Å². The molecule has 0 aromatic carbocycles. The summed E-state index contributed by atoms with van der Waals surface area (Å²) in [5.41, 5.74) is 1.12. The third-order valence-corrected chi connectivity index (χ3v) is 2.62. The first-order chi connectivity index (χ1) is 6.22. The van der Waals surface area contributed by atoms with E-state index in [1.54, 1.807) is 0 Å². The Bertz CT molecular complexity index is 246. The standard InChI is InChI=1S/C10H15BrN2/c1-3-4-9(11)5-10-12-6-8(2)7-13-10/h6-7,9H,3-5H2,1-2H3. The largest absolute Gasteiger partial charge is 0.241 e. The topological polar surface area (TPSA) is 25.8 Å². The van der Waals surface area contributed by atoms with E-state index in [1.165, 1.54) is 12.8 Å². The number of aromatic nitrogens is 2. The fourth-order valence-corrected chi connectivity index (χ4v) is 1.89. The molecule has 0 radical (unpaired) electrons. The molecule has 0 spiro atoms. The molecule has 1 atom stereocenters. The molecule has 72 valence electrons. The van der Waals surface area contributed by atoms with Crippen molar-refractivity contribution in [2.75, 3.05) is 0 Å². The van der Waals surface area contributed by atoms with Crippen LogP contribution in [0.1, 0.15) is 31.2 Å². The van der Waals surface area contributed by atoms with Crippen LogP contribution in [-0.4, -0.2) is 14.8 Å². The third kappa shape index (κ3) is 3.85. The fourth-order valence-electron chi connectivity index (χ4n) is 1.14. The van der Waals surface area contributed by atoms with E-state index in [4.69, 9.17) is 0 Å². The van der Waals surface area contributed by atoms with Crippen molar-refractivity contribution >= 4 is 15.9 Å². The maximum absolute atomic E-state index is 4.26. The maximum Gasteiger partial charge on any atom is 0.129 e. The van der Waals surface area contributed by atoms with Crippen LogP contribution in [0.5, 0.6) is 0 Å². The van der Waals surface area contributed by atoms with Crippen molar-refractivity contribution in [3.05, 3.63) is 23.8 Å². The van der Waals surface area contributed by atoms with E-state index in [0.717, 1.165) is 17.8 Å². The molecule has 0 N–H and O–H groups in total. The van der Waals surface area contributed by atoms with Crippen LogP contribution in [0.2, 0.25) is 0 Å². The molecule has 0 saturated heterocycles. The van der Waals surface area contributed by atoms with Crippen molar-refractivity contribution in [3.8, 4) is 0 Å². The molecular formula is C10H15BrN2. The molecule has 0 amide bonds. The van der Waals surface area contributed by atoms with Crippen LogP contribution < -0.4 is 0 Å². The number of alkyl halides is 1. The van der Waals surface area contributed by atoms with Crippen LogP contribution in [-0.2, 0) is 6.42 Å². The zero-order valence-corrected chi connectivity index (χ0v) is 9.71. The highest BCUT2D eigenvalue weighted by Crippen LogP contribution is 2.12. The van der Waals surface area contributed by atoms with E-state index in [-0.39, 0.29) is 0 Å². The van der Waals surface area contributed by atoms with Gasteiger partial charge in [0.1, 0.15) is 5.82 Å². The van der Waals surface area contributed by atoms with Crippen LogP contribution in [0.4, 0.5) is 0 Å². The van der Waals surface area contributed by atoms with Gasteiger partial charge in [-0.1, -0.05) is 29.3 Å². The lowest BCUT2D eigenvalue weighted by Crippen LogP contribution is -2.05. The van der Waals surface area contributed by atoms with Gasteiger partial charge in [0.25, 0.3) is 0 Å². The quantitative estimate of drug-likeness (QED) is 0.760. The minimum atomic E-state index is 0.514. The lowest BCUT2D eigenvalue weighted by atomic mass is 10.2. The summed E-state index contributed by atoms with van der Waals surface area (Å²) < 4.78 is 0. The molecule has 1 aromatic heterocycles. The summed E-state index contributed by atoms with van der Waals surface area (Å²) in [6.07, 6.45) is 7.04. The Morgan fingerprint density at radius 1 is 1.38 bits per heavy atom. The molecule has 1 unspecified atom stereocenters. The van der Waals surface area contributed by atoms with Gasteiger partial charge in [-0.05, 0) is 18.9 Å². The van der Waals surface area contributed by atoms with E-state index in [2.05, 4.69) is 32.8 Å². The summed E-state index contributed by atoms with van der Waals surface area (Å²) in [6, 6.07) is 0. The lowest BCUT2D eigenvalue weighted by Gasteiger charge is -2.06. The Hall–Kier alpha value is -0.440. The van der Waals surface area contributed by atoms with Crippen molar-refractivity contribution in [1.29, 1.82) is 0 Å². The molecule has 2 nitrogen and oxygen atoms in total. The van der Waals surface area contributed by atoms with Gasteiger partial charge in [0, 0.05) is 23.6 Å². The molecule has 0 bridgehead atoms. The van der Waals surface area contributed by atoms with E-state index in [9.17, 15) is 0 Å². The molecule has 1 rings (SSSR count). The van der Waals surface area contributed by atoms with E-state index in [1.807, 2.05) is 19.3 Å². The van der Waals surface area contributed by atoms with E-state index in [0.29, 0.717) is 4.83 Å². The number of rotatable bonds is 4. The summed E-state index contributed by atoms with van der Waals surface area (Å²) in [7, 11) is 0. The average Bonchev–Trinajstić information content (AvgIpc) is 2.09.